The topological polar surface area (TPSA) is 51.2 Å². The van der Waals surface area contributed by atoms with Gasteiger partial charge in [-0.1, -0.05) is 12.1 Å². The Hall–Kier alpha value is -2.87. The van der Waals surface area contributed by atoms with Crippen molar-refractivity contribution in [2.75, 3.05) is 13.2 Å². The maximum atomic E-state index is 12.7. The zero-order valence-electron chi connectivity index (χ0n) is 15.6. The van der Waals surface area contributed by atoms with Crippen LogP contribution in [0.3, 0.4) is 0 Å². The van der Waals surface area contributed by atoms with Crippen molar-refractivity contribution in [1.29, 1.82) is 0 Å². The number of thiazole rings is 1. The van der Waals surface area contributed by atoms with E-state index in [1.165, 1.54) is 23.5 Å². The fourth-order valence-electron chi connectivity index (χ4n) is 2.63. The summed E-state index contributed by atoms with van der Waals surface area (Å²) in [5.41, 5.74) is 1.26. The number of amides is 1. The van der Waals surface area contributed by atoms with Crippen molar-refractivity contribution in [3.05, 3.63) is 70.7 Å². The first-order chi connectivity index (χ1) is 13.9. The molecule has 152 valence electrons. The van der Waals surface area contributed by atoms with E-state index >= 15 is 0 Å². The minimum atomic E-state index is -4.35. The molecule has 0 unspecified atom stereocenters. The van der Waals surface area contributed by atoms with Crippen LogP contribution in [0.5, 0.6) is 5.75 Å². The lowest BCUT2D eigenvalue weighted by molar-refractivity contribution is -0.137. The maximum absolute atomic E-state index is 12.7. The maximum Gasteiger partial charge on any atom is 0.416 e. The number of alkyl halides is 3. The van der Waals surface area contributed by atoms with Gasteiger partial charge >= 0.3 is 6.18 Å². The smallest absolute Gasteiger partial charge is 0.416 e. The third-order valence-corrected chi connectivity index (χ3v) is 5.05. The molecule has 0 saturated heterocycles. The summed E-state index contributed by atoms with van der Waals surface area (Å²) in [5, 5.41) is 5.32. The second-order valence-electron chi connectivity index (χ2n) is 6.18. The van der Waals surface area contributed by atoms with Crippen LogP contribution in [0, 0.1) is 0 Å². The molecule has 4 nitrogen and oxygen atoms in total. The van der Waals surface area contributed by atoms with Gasteiger partial charge in [0.05, 0.1) is 17.9 Å². The Labute approximate surface area is 170 Å². The van der Waals surface area contributed by atoms with Gasteiger partial charge in [0.2, 0.25) is 0 Å². The number of carbonyl (C=O) groups excluding carboxylic acids is 1. The molecule has 0 spiro atoms. The van der Waals surface area contributed by atoms with Crippen LogP contribution in [-0.4, -0.2) is 24.0 Å². The van der Waals surface area contributed by atoms with Crippen LogP contribution >= 0.6 is 11.3 Å². The van der Waals surface area contributed by atoms with Crippen molar-refractivity contribution in [2.45, 2.75) is 19.5 Å². The number of carbonyl (C=O) groups is 1. The van der Waals surface area contributed by atoms with Gasteiger partial charge < -0.3 is 10.1 Å². The quantitative estimate of drug-likeness (QED) is 0.572. The lowest BCUT2D eigenvalue weighted by Gasteiger charge is -2.06. The summed E-state index contributed by atoms with van der Waals surface area (Å²) in [4.78, 5) is 16.6. The molecule has 0 radical (unpaired) electrons. The average molecular weight is 420 g/mol. The minimum absolute atomic E-state index is 0.189. The molecule has 1 aromatic heterocycles. The Morgan fingerprint density at radius 3 is 2.41 bits per heavy atom. The highest BCUT2D eigenvalue weighted by molar-refractivity contribution is 7.13. The summed E-state index contributed by atoms with van der Waals surface area (Å²) >= 11 is 1.36. The van der Waals surface area contributed by atoms with Gasteiger partial charge in [-0.3, -0.25) is 4.79 Å². The van der Waals surface area contributed by atoms with E-state index in [1.54, 1.807) is 24.3 Å². The minimum Gasteiger partial charge on any atom is -0.494 e. The van der Waals surface area contributed by atoms with Gasteiger partial charge in [-0.15, -0.1) is 11.3 Å². The highest BCUT2D eigenvalue weighted by atomic mass is 32.1. The molecule has 0 aliphatic carbocycles. The molecule has 1 N–H and O–H groups in total. The van der Waals surface area contributed by atoms with Crippen molar-refractivity contribution in [3.63, 3.8) is 0 Å². The summed E-state index contributed by atoms with van der Waals surface area (Å²) < 4.78 is 43.3. The normalized spacial score (nSPS) is 11.3. The van der Waals surface area contributed by atoms with Crippen molar-refractivity contribution >= 4 is 17.2 Å². The standard InChI is InChI=1S/C21H19F3N2O2S/c1-2-28-18-9-5-14(6-10-18)19(27)25-12-11-17-13-29-20(26-17)15-3-7-16(8-4-15)21(22,23)24/h3-10,13H,2,11-12H2,1H3,(H,25,27). The van der Waals surface area contributed by atoms with E-state index in [4.69, 9.17) is 4.74 Å². The number of aromatic nitrogens is 1. The first-order valence-electron chi connectivity index (χ1n) is 9.00. The van der Waals surface area contributed by atoms with Crippen molar-refractivity contribution < 1.29 is 22.7 Å². The van der Waals surface area contributed by atoms with Crippen LogP contribution < -0.4 is 10.1 Å². The molecule has 0 atom stereocenters. The van der Waals surface area contributed by atoms with E-state index in [-0.39, 0.29) is 5.91 Å². The van der Waals surface area contributed by atoms with Gasteiger partial charge in [-0.2, -0.15) is 13.2 Å². The first-order valence-corrected chi connectivity index (χ1v) is 9.88. The Morgan fingerprint density at radius 1 is 1.10 bits per heavy atom. The average Bonchev–Trinajstić information content (AvgIpc) is 3.17. The highest BCUT2D eigenvalue weighted by Crippen LogP contribution is 2.31. The molecule has 2 aromatic carbocycles. The van der Waals surface area contributed by atoms with Crippen LogP contribution in [0.1, 0.15) is 28.5 Å². The van der Waals surface area contributed by atoms with E-state index in [9.17, 15) is 18.0 Å². The summed E-state index contributed by atoms with van der Waals surface area (Å²) in [6, 6.07) is 11.8. The van der Waals surface area contributed by atoms with Crippen LogP contribution in [0.4, 0.5) is 13.2 Å². The highest BCUT2D eigenvalue weighted by Gasteiger charge is 2.30. The van der Waals surface area contributed by atoms with E-state index < -0.39 is 11.7 Å². The lowest BCUT2D eigenvalue weighted by Crippen LogP contribution is -2.25. The number of nitrogens with one attached hydrogen (secondary N) is 1. The van der Waals surface area contributed by atoms with Gasteiger partial charge in [0.25, 0.3) is 5.91 Å². The fraction of sp³-hybridized carbons (Fsp3) is 0.238. The van der Waals surface area contributed by atoms with Crippen LogP contribution in [0.2, 0.25) is 0 Å². The predicted molar refractivity (Wildman–Crippen MR) is 106 cm³/mol. The van der Waals surface area contributed by atoms with E-state index in [1.807, 2.05) is 12.3 Å². The summed E-state index contributed by atoms with van der Waals surface area (Å²) in [6.07, 6.45) is -3.83. The lowest BCUT2D eigenvalue weighted by atomic mass is 10.1. The number of benzene rings is 2. The van der Waals surface area contributed by atoms with Gasteiger partial charge in [0.1, 0.15) is 10.8 Å². The Kier molecular flexibility index (Phi) is 6.53. The Bertz CT molecular complexity index is 951. The molecule has 0 fully saturated rings. The molecular formula is C21H19F3N2O2S. The fourth-order valence-corrected chi connectivity index (χ4v) is 3.49. The number of hydrogen-bond donors (Lipinski definition) is 1. The molecule has 0 saturated carbocycles. The largest absolute Gasteiger partial charge is 0.494 e. The van der Waals surface area contributed by atoms with Crippen molar-refractivity contribution in [2.24, 2.45) is 0 Å². The molecule has 0 aliphatic heterocycles. The zero-order valence-corrected chi connectivity index (χ0v) is 16.4. The van der Waals surface area contributed by atoms with Gasteiger partial charge in [0, 0.05) is 29.5 Å². The second-order valence-corrected chi connectivity index (χ2v) is 7.04. The second kappa shape index (κ2) is 9.09. The molecule has 1 heterocycles. The number of halogens is 3. The molecule has 0 bridgehead atoms. The van der Waals surface area contributed by atoms with Gasteiger partial charge in [-0.05, 0) is 43.3 Å². The Balaban J connectivity index is 1.53. The van der Waals surface area contributed by atoms with Crippen LogP contribution in [0.15, 0.2) is 53.9 Å². The van der Waals surface area contributed by atoms with E-state index in [2.05, 4.69) is 10.3 Å². The van der Waals surface area contributed by atoms with Gasteiger partial charge in [0.15, 0.2) is 0 Å². The van der Waals surface area contributed by atoms with Gasteiger partial charge in [-0.25, -0.2) is 4.98 Å². The molecule has 0 aliphatic rings. The van der Waals surface area contributed by atoms with Crippen molar-refractivity contribution in [1.82, 2.24) is 10.3 Å². The van der Waals surface area contributed by atoms with E-state index in [0.29, 0.717) is 41.5 Å². The number of rotatable bonds is 7. The molecular weight excluding hydrogens is 401 g/mol. The predicted octanol–water partition coefficient (Wildman–Crippen LogP) is 5.20. The zero-order chi connectivity index (χ0) is 20.9. The summed E-state index contributed by atoms with van der Waals surface area (Å²) in [7, 11) is 0. The molecule has 8 heteroatoms. The van der Waals surface area contributed by atoms with Crippen LogP contribution in [0.25, 0.3) is 10.6 Å². The third kappa shape index (κ3) is 5.57. The summed E-state index contributed by atoms with van der Waals surface area (Å²) in [5.74, 6) is 0.522. The number of nitrogens with zero attached hydrogens (tertiary/aromatic N) is 1. The van der Waals surface area contributed by atoms with Crippen LogP contribution in [-0.2, 0) is 12.6 Å². The molecule has 3 aromatic rings. The monoisotopic (exact) mass is 420 g/mol. The molecule has 3 rings (SSSR count). The SMILES string of the molecule is CCOc1ccc(C(=O)NCCc2csc(-c3ccc(C(F)(F)F)cc3)n2)cc1. The summed E-state index contributed by atoms with van der Waals surface area (Å²) in [6.45, 7) is 2.86. The number of ether oxygens (including phenoxy) is 1. The Morgan fingerprint density at radius 2 is 1.79 bits per heavy atom. The van der Waals surface area contributed by atoms with E-state index in [0.717, 1.165) is 17.8 Å². The molecule has 1 amide bonds. The molecule has 29 heavy (non-hydrogen) atoms. The number of hydrogen-bond acceptors (Lipinski definition) is 4. The van der Waals surface area contributed by atoms with Crippen molar-refractivity contribution in [3.8, 4) is 16.3 Å². The first kappa shape index (κ1) is 20.9. The third-order valence-electron chi connectivity index (χ3n) is 4.11.